The predicted octanol–water partition coefficient (Wildman–Crippen LogP) is 2.12. The number of hydrogen-bond acceptors (Lipinski definition) is 3. The average Bonchev–Trinajstić information content (AvgIpc) is 2.76. The van der Waals surface area contributed by atoms with Crippen molar-refractivity contribution in [2.75, 3.05) is 17.2 Å². The summed E-state index contributed by atoms with van der Waals surface area (Å²) in [6.45, 7) is 0.164. The second-order valence-corrected chi connectivity index (χ2v) is 4.19. The maximum absolute atomic E-state index is 11.7. The fourth-order valence-electron chi connectivity index (χ4n) is 1.45. The van der Waals surface area contributed by atoms with Crippen molar-refractivity contribution >= 4 is 28.9 Å². The molecule has 0 unspecified atom stereocenters. The molecule has 2 aromatic rings. The van der Waals surface area contributed by atoms with Gasteiger partial charge in [-0.25, -0.2) is 0 Å². The molecule has 0 aliphatic carbocycles. The third-order valence-electron chi connectivity index (χ3n) is 2.31. The lowest BCUT2D eigenvalue weighted by Gasteiger charge is -2.07. The average molecular weight is 265 g/mol. The highest BCUT2D eigenvalue weighted by Gasteiger charge is 2.05. The van der Waals surface area contributed by atoms with Gasteiger partial charge in [0, 0.05) is 13.2 Å². The van der Waals surface area contributed by atoms with Gasteiger partial charge in [0.15, 0.2) is 0 Å². The van der Waals surface area contributed by atoms with Crippen LogP contribution in [0.2, 0.25) is 5.02 Å². The summed E-state index contributed by atoms with van der Waals surface area (Å²) >= 11 is 5.94. The molecule has 1 aromatic carbocycles. The van der Waals surface area contributed by atoms with Crippen molar-refractivity contribution in [2.24, 2.45) is 7.05 Å². The van der Waals surface area contributed by atoms with Crippen molar-refractivity contribution in [2.45, 2.75) is 0 Å². The summed E-state index contributed by atoms with van der Waals surface area (Å²) < 4.78 is 1.66. The van der Waals surface area contributed by atoms with Crippen molar-refractivity contribution < 1.29 is 4.79 Å². The number of nitrogens with zero attached hydrogens (tertiary/aromatic N) is 2. The van der Waals surface area contributed by atoms with E-state index in [4.69, 9.17) is 11.6 Å². The highest BCUT2D eigenvalue weighted by atomic mass is 35.5. The zero-order valence-corrected chi connectivity index (χ0v) is 10.6. The van der Waals surface area contributed by atoms with Gasteiger partial charge in [-0.3, -0.25) is 9.48 Å². The van der Waals surface area contributed by atoms with Crippen LogP contribution in [0.15, 0.2) is 36.7 Å². The molecule has 0 bridgehead atoms. The molecule has 0 saturated heterocycles. The Morgan fingerprint density at radius 2 is 2.22 bits per heavy atom. The second kappa shape index (κ2) is 5.55. The van der Waals surface area contributed by atoms with Crippen molar-refractivity contribution in [1.29, 1.82) is 0 Å². The first-order chi connectivity index (χ1) is 8.65. The lowest BCUT2D eigenvalue weighted by molar-refractivity contribution is -0.114. The zero-order chi connectivity index (χ0) is 13.0. The molecule has 0 atom stereocenters. The largest absolute Gasteiger partial charge is 0.374 e. The van der Waals surface area contributed by atoms with Gasteiger partial charge in [-0.05, 0) is 12.1 Å². The second-order valence-electron chi connectivity index (χ2n) is 3.78. The Kier molecular flexibility index (Phi) is 3.84. The molecule has 0 aliphatic heterocycles. The van der Waals surface area contributed by atoms with Crippen LogP contribution in [0.3, 0.4) is 0 Å². The number of aryl methyl sites for hydroxylation is 1. The van der Waals surface area contributed by atoms with Crippen LogP contribution >= 0.6 is 11.6 Å². The molecule has 0 saturated carbocycles. The van der Waals surface area contributed by atoms with Crippen LogP contribution in [0.1, 0.15) is 0 Å². The van der Waals surface area contributed by atoms with Gasteiger partial charge in [-0.2, -0.15) is 5.10 Å². The smallest absolute Gasteiger partial charge is 0.243 e. The van der Waals surface area contributed by atoms with Crippen molar-refractivity contribution in [3.8, 4) is 0 Å². The molecule has 0 radical (unpaired) electrons. The Hall–Kier alpha value is -2.01. The lowest BCUT2D eigenvalue weighted by atomic mass is 10.3. The van der Waals surface area contributed by atoms with E-state index in [1.165, 1.54) is 0 Å². The SMILES string of the molecule is Cn1cc(NCC(=O)Nc2ccccc2Cl)cn1. The summed E-state index contributed by atoms with van der Waals surface area (Å²) in [6.07, 6.45) is 3.45. The molecule has 94 valence electrons. The minimum atomic E-state index is -0.160. The third kappa shape index (κ3) is 3.24. The number of amides is 1. The van der Waals surface area contributed by atoms with Gasteiger partial charge in [-0.15, -0.1) is 0 Å². The minimum Gasteiger partial charge on any atom is -0.374 e. The van der Waals surface area contributed by atoms with E-state index in [1.54, 1.807) is 29.2 Å². The van der Waals surface area contributed by atoms with Gasteiger partial charge in [0.1, 0.15) is 0 Å². The minimum absolute atomic E-state index is 0.160. The summed E-state index contributed by atoms with van der Waals surface area (Å²) in [5.74, 6) is -0.160. The predicted molar refractivity (Wildman–Crippen MR) is 71.8 cm³/mol. The number of rotatable bonds is 4. The summed E-state index contributed by atoms with van der Waals surface area (Å²) in [7, 11) is 1.81. The van der Waals surface area contributed by atoms with E-state index in [9.17, 15) is 4.79 Å². The van der Waals surface area contributed by atoms with E-state index in [1.807, 2.05) is 19.2 Å². The van der Waals surface area contributed by atoms with E-state index >= 15 is 0 Å². The molecule has 0 spiro atoms. The molecule has 0 fully saturated rings. The van der Waals surface area contributed by atoms with Crippen LogP contribution in [0.25, 0.3) is 0 Å². The molecule has 0 aliphatic rings. The summed E-state index contributed by atoms with van der Waals surface area (Å²) in [6, 6.07) is 7.11. The first-order valence-corrected chi connectivity index (χ1v) is 5.80. The van der Waals surface area contributed by atoms with Gasteiger partial charge in [0.05, 0.1) is 29.1 Å². The fourth-order valence-corrected chi connectivity index (χ4v) is 1.63. The number of benzene rings is 1. The molecule has 5 nitrogen and oxygen atoms in total. The van der Waals surface area contributed by atoms with Gasteiger partial charge < -0.3 is 10.6 Å². The third-order valence-corrected chi connectivity index (χ3v) is 2.64. The molecular weight excluding hydrogens is 252 g/mol. The zero-order valence-electron chi connectivity index (χ0n) is 9.85. The lowest BCUT2D eigenvalue weighted by Crippen LogP contribution is -2.21. The van der Waals surface area contributed by atoms with Crippen LogP contribution in [-0.2, 0) is 11.8 Å². The van der Waals surface area contributed by atoms with Gasteiger partial charge in [-0.1, -0.05) is 23.7 Å². The van der Waals surface area contributed by atoms with Crippen LogP contribution in [0.4, 0.5) is 11.4 Å². The van der Waals surface area contributed by atoms with Crippen LogP contribution in [0, 0.1) is 0 Å². The van der Waals surface area contributed by atoms with Gasteiger partial charge >= 0.3 is 0 Å². The Morgan fingerprint density at radius 1 is 1.44 bits per heavy atom. The topological polar surface area (TPSA) is 59.0 Å². The number of carbonyl (C=O) groups is 1. The highest BCUT2D eigenvalue weighted by Crippen LogP contribution is 2.20. The maximum Gasteiger partial charge on any atom is 0.243 e. The quantitative estimate of drug-likeness (QED) is 0.889. The Bertz CT molecular complexity index is 553. The maximum atomic E-state index is 11.7. The Balaban J connectivity index is 1.88. The highest BCUT2D eigenvalue weighted by molar-refractivity contribution is 6.33. The van der Waals surface area contributed by atoms with E-state index in [2.05, 4.69) is 15.7 Å². The first kappa shape index (κ1) is 12.4. The molecule has 6 heteroatoms. The van der Waals surface area contributed by atoms with Gasteiger partial charge in [0.2, 0.25) is 5.91 Å². The standard InChI is InChI=1S/C12H13ClN4O/c1-17-8-9(6-15-17)14-7-12(18)16-11-5-3-2-4-10(11)13/h2-6,8,14H,7H2,1H3,(H,16,18). The number of hydrogen-bond donors (Lipinski definition) is 2. The van der Waals surface area contributed by atoms with E-state index in [-0.39, 0.29) is 12.5 Å². The number of carbonyl (C=O) groups excluding carboxylic acids is 1. The molecule has 1 amide bonds. The molecule has 2 N–H and O–H groups in total. The summed E-state index contributed by atoms with van der Waals surface area (Å²) in [5, 5.41) is 10.2. The number of halogens is 1. The fraction of sp³-hybridized carbons (Fsp3) is 0.167. The van der Waals surface area contributed by atoms with Crippen molar-refractivity contribution in [3.63, 3.8) is 0 Å². The molecule has 2 rings (SSSR count). The van der Waals surface area contributed by atoms with Crippen molar-refractivity contribution in [1.82, 2.24) is 9.78 Å². The van der Waals surface area contributed by atoms with Crippen LogP contribution in [0.5, 0.6) is 0 Å². The van der Waals surface area contributed by atoms with E-state index in [0.717, 1.165) is 5.69 Å². The van der Waals surface area contributed by atoms with E-state index in [0.29, 0.717) is 10.7 Å². The number of anilines is 2. The van der Waals surface area contributed by atoms with Crippen LogP contribution in [-0.4, -0.2) is 22.2 Å². The van der Waals surface area contributed by atoms with Gasteiger partial charge in [0.25, 0.3) is 0 Å². The number of nitrogens with one attached hydrogen (secondary N) is 2. The number of aromatic nitrogens is 2. The summed E-state index contributed by atoms with van der Waals surface area (Å²) in [4.78, 5) is 11.7. The number of para-hydroxylation sites is 1. The molecule has 1 heterocycles. The molecule has 18 heavy (non-hydrogen) atoms. The molecule has 1 aromatic heterocycles. The molecular formula is C12H13ClN4O. The Labute approximate surface area is 110 Å². The first-order valence-electron chi connectivity index (χ1n) is 5.42. The van der Waals surface area contributed by atoms with Crippen molar-refractivity contribution in [3.05, 3.63) is 41.7 Å². The monoisotopic (exact) mass is 264 g/mol. The van der Waals surface area contributed by atoms with Crippen LogP contribution < -0.4 is 10.6 Å². The summed E-state index contributed by atoms with van der Waals surface area (Å²) in [5.41, 5.74) is 1.41. The normalized spacial score (nSPS) is 10.1. The van der Waals surface area contributed by atoms with E-state index < -0.39 is 0 Å². The Morgan fingerprint density at radius 3 is 2.89 bits per heavy atom.